The minimum Gasteiger partial charge on any atom is -0.311 e. The average Bonchev–Trinajstić information content (AvgIpc) is 2.29. The van der Waals surface area contributed by atoms with Crippen LogP contribution in [0.4, 0.5) is 5.69 Å². The summed E-state index contributed by atoms with van der Waals surface area (Å²) in [6.45, 7) is 6.58. The number of benzene rings is 1. The Kier molecular flexibility index (Phi) is 2.98. The number of fused-ring (bicyclic) bond motifs is 1. The number of thioether (sulfide) groups is 1. The Balaban J connectivity index is 2.50. The molecule has 1 aromatic carbocycles. The first-order valence-electron chi connectivity index (χ1n) is 5.55. The summed E-state index contributed by atoms with van der Waals surface area (Å²) in [6, 6.07) is 8.39. The van der Waals surface area contributed by atoms with E-state index in [0.717, 1.165) is 18.5 Å². The SMILES string of the molecule is C[C@@H]1CC(C)(C)Sc2ccccc2N1C=O. The molecule has 2 rings (SSSR count). The minimum atomic E-state index is 0.174. The highest BCUT2D eigenvalue weighted by Crippen LogP contribution is 2.44. The Morgan fingerprint density at radius 2 is 2.12 bits per heavy atom. The summed E-state index contributed by atoms with van der Waals surface area (Å²) in [7, 11) is 0. The Bertz CT molecular complexity index is 403. The van der Waals surface area contributed by atoms with Crippen molar-refractivity contribution in [3.8, 4) is 0 Å². The Hall–Kier alpha value is -0.960. The molecule has 0 N–H and O–H groups in total. The van der Waals surface area contributed by atoms with E-state index in [2.05, 4.69) is 26.8 Å². The van der Waals surface area contributed by atoms with Crippen LogP contribution in [0.5, 0.6) is 0 Å². The quantitative estimate of drug-likeness (QED) is 0.696. The van der Waals surface area contributed by atoms with E-state index >= 15 is 0 Å². The van der Waals surface area contributed by atoms with Gasteiger partial charge in [0.05, 0.1) is 5.69 Å². The van der Waals surface area contributed by atoms with Crippen molar-refractivity contribution < 1.29 is 4.79 Å². The number of anilines is 1. The smallest absolute Gasteiger partial charge is 0.214 e. The fourth-order valence-electron chi connectivity index (χ4n) is 2.30. The zero-order valence-corrected chi connectivity index (χ0v) is 10.8. The van der Waals surface area contributed by atoms with Gasteiger partial charge in [-0.1, -0.05) is 26.0 Å². The van der Waals surface area contributed by atoms with Gasteiger partial charge in [0, 0.05) is 15.7 Å². The van der Waals surface area contributed by atoms with Crippen LogP contribution < -0.4 is 4.90 Å². The number of carbonyl (C=O) groups is 1. The lowest BCUT2D eigenvalue weighted by Gasteiger charge is -2.27. The van der Waals surface area contributed by atoms with Crippen LogP contribution in [-0.4, -0.2) is 17.2 Å². The zero-order valence-electron chi connectivity index (χ0n) is 9.93. The van der Waals surface area contributed by atoms with Crippen molar-refractivity contribution in [1.29, 1.82) is 0 Å². The summed E-state index contributed by atoms with van der Waals surface area (Å²) in [4.78, 5) is 14.3. The predicted molar refractivity (Wildman–Crippen MR) is 69.0 cm³/mol. The van der Waals surface area contributed by atoms with E-state index in [1.807, 2.05) is 34.9 Å². The van der Waals surface area contributed by atoms with Gasteiger partial charge < -0.3 is 4.90 Å². The molecule has 3 heteroatoms. The van der Waals surface area contributed by atoms with Gasteiger partial charge in [-0.25, -0.2) is 0 Å². The lowest BCUT2D eigenvalue weighted by atomic mass is 10.0. The lowest BCUT2D eigenvalue weighted by Crippen LogP contribution is -2.34. The number of rotatable bonds is 1. The maximum atomic E-state index is 11.2. The molecule has 1 aromatic rings. The maximum absolute atomic E-state index is 11.2. The first-order chi connectivity index (χ1) is 7.53. The number of amides is 1. The molecule has 0 aliphatic carbocycles. The van der Waals surface area contributed by atoms with E-state index in [1.54, 1.807) is 0 Å². The van der Waals surface area contributed by atoms with Gasteiger partial charge >= 0.3 is 0 Å². The van der Waals surface area contributed by atoms with Crippen LogP contribution >= 0.6 is 11.8 Å². The van der Waals surface area contributed by atoms with E-state index < -0.39 is 0 Å². The van der Waals surface area contributed by atoms with Crippen LogP contribution in [0.1, 0.15) is 27.2 Å². The molecular formula is C13H17NOS. The molecule has 0 fully saturated rings. The molecule has 1 aliphatic rings. The highest BCUT2D eigenvalue weighted by Gasteiger charge is 2.31. The number of para-hydroxylation sites is 1. The monoisotopic (exact) mass is 235 g/mol. The summed E-state index contributed by atoms with van der Waals surface area (Å²) in [5, 5.41) is 0. The van der Waals surface area contributed by atoms with Crippen molar-refractivity contribution >= 4 is 23.9 Å². The van der Waals surface area contributed by atoms with Crippen molar-refractivity contribution in [3.63, 3.8) is 0 Å². The molecule has 1 atom stereocenters. The first-order valence-corrected chi connectivity index (χ1v) is 6.37. The van der Waals surface area contributed by atoms with Gasteiger partial charge in [-0.2, -0.15) is 0 Å². The van der Waals surface area contributed by atoms with E-state index in [9.17, 15) is 4.79 Å². The van der Waals surface area contributed by atoms with Gasteiger partial charge in [0.15, 0.2) is 0 Å². The molecule has 1 heterocycles. The van der Waals surface area contributed by atoms with Crippen LogP contribution in [0.2, 0.25) is 0 Å². The maximum Gasteiger partial charge on any atom is 0.214 e. The molecule has 1 amide bonds. The van der Waals surface area contributed by atoms with Gasteiger partial charge in [0.1, 0.15) is 0 Å². The third-order valence-corrected chi connectivity index (χ3v) is 4.19. The molecule has 16 heavy (non-hydrogen) atoms. The zero-order chi connectivity index (χ0) is 11.8. The molecule has 0 spiro atoms. The molecule has 0 unspecified atom stereocenters. The fraction of sp³-hybridized carbons (Fsp3) is 0.462. The molecular weight excluding hydrogens is 218 g/mol. The largest absolute Gasteiger partial charge is 0.311 e. The van der Waals surface area contributed by atoms with Gasteiger partial charge in [-0.3, -0.25) is 4.79 Å². The number of nitrogens with zero attached hydrogens (tertiary/aromatic N) is 1. The van der Waals surface area contributed by atoms with Gasteiger partial charge in [0.2, 0.25) is 6.41 Å². The molecule has 0 saturated carbocycles. The molecule has 0 radical (unpaired) electrons. The van der Waals surface area contributed by atoms with Crippen molar-refractivity contribution in [3.05, 3.63) is 24.3 Å². The van der Waals surface area contributed by atoms with E-state index in [-0.39, 0.29) is 10.8 Å². The molecule has 2 nitrogen and oxygen atoms in total. The summed E-state index contributed by atoms with van der Waals surface area (Å²) in [5.41, 5.74) is 1.04. The molecule has 0 saturated heterocycles. The van der Waals surface area contributed by atoms with E-state index in [4.69, 9.17) is 0 Å². The van der Waals surface area contributed by atoms with Crippen LogP contribution in [0.3, 0.4) is 0 Å². The van der Waals surface area contributed by atoms with E-state index in [0.29, 0.717) is 0 Å². The van der Waals surface area contributed by atoms with Crippen LogP contribution in [0, 0.1) is 0 Å². The second-order valence-corrected chi connectivity index (χ2v) is 6.64. The molecule has 0 bridgehead atoms. The van der Waals surface area contributed by atoms with Crippen LogP contribution in [-0.2, 0) is 4.79 Å². The third kappa shape index (κ3) is 2.09. The minimum absolute atomic E-state index is 0.174. The second-order valence-electron chi connectivity index (χ2n) is 4.90. The van der Waals surface area contributed by atoms with E-state index in [1.165, 1.54) is 4.90 Å². The second kappa shape index (κ2) is 4.13. The van der Waals surface area contributed by atoms with Gasteiger partial charge in [-0.05, 0) is 25.5 Å². The lowest BCUT2D eigenvalue weighted by molar-refractivity contribution is -0.107. The summed E-state index contributed by atoms with van der Waals surface area (Å²) < 4.78 is 0.174. The van der Waals surface area contributed by atoms with Crippen molar-refractivity contribution in [2.24, 2.45) is 0 Å². The number of hydrogen-bond acceptors (Lipinski definition) is 2. The van der Waals surface area contributed by atoms with Gasteiger partial charge in [0.25, 0.3) is 0 Å². The fourth-order valence-corrected chi connectivity index (χ4v) is 3.65. The topological polar surface area (TPSA) is 20.3 Å². The predicted octanol–water partition coefficient (Wildman–Crippen LogP) is 3.31. The summed E-state index contributed by atoms with van der Waals surface area (Å²) in [5.74, 6) is 0. The molecule has 0 aromatic heterocycles. The first kappa shape index (κ1) is 11.5. The highest BCUT2D eigenvalue weighted by molar-refractivity contribution is 8.00. The van der Waals surface area contributed by atoms with Gasteiger partial charge in [-0.15, -0.1) is 11.8 Å². The normalized spacial score (nSPS) is 23.4. The molecule has 86 valence electrons. The average molecular weight is 235 g/mol. The molecule has 1 aliphatic heterocycles. The van der Waals surface area contributed by atoms with Crippen molar-refractivity contribution in [2.45, 2.75) is 42.9 Å². The summed E-state index contributed by atoms with van der Waals surface area (Å²) in [6.07, 6.45) is 1.95. The Morgan fingerprint density at radius 1 is 1.44 bits per heavy atom. The Labute approximate surface area is 101 Å². The number of hydrogen-bond donors (Lipinski definition) is 0. The Morgan fingerprint density at radius 3 is 2.81 bits per heavy atom. The standard InChI is InChI=1S/C13H17NOS/c1-10-8-13(2,3)16-12-7-5-4-6-11(12)14(10)9-15/h4-7,9-10H,8H2,1-3H3/t10-/m1/s1. The third-order valence-electron chi connectivity index (χ3n) is 2.91. The van der Waals surface area contributed by atoms with Crippen molar-refractivity contribution in [2.75, 3.05) is 4.90 Å². The highest BCUT2D eigenvalue weighted by atomic mass is 32.2. The van der Waals surface area contributed by atoms with Crippen molar-refractivity contribution in [1.82, 2.24) is 0 Å². The summed E-state index contributed by atoms with van der Waals surface area (Å²) >= 11 is 1.86. The number of carbonyl (C=O) groups excluding carboxylic acids is 1. The van der Waals surface area contributed by atoms with Crippen LogP contribution in [0.15, 0.2) is 29.2 Å². The van der Waals surface area contributed by atoms with Crippen LogP contribution in [0.25, 0.3) is 0 Å².